The number of anilines is 1. The molecule has 5 nitrogen and oxygen atoms in total. The number of thiazole rings is 1. The van der Waals surface area contributed by atoms with Gasteiger partial charge in [0.1, 0.15) is 0 Å². The average Bonchev–Trinajstić information content (AvgIpc) is 3.32. The molecule has 2 N–H and O–H groups in total. The number of aromatic nitrogens is 1. The number of aliphatic imine (C=N–C) groups is 1. The Balaban J connectivity index is 0.00000280. The zero-order chi connectivity index (χ0) is 19.3. The summed E-state index contributed by atoms with van der Waals surface area (Å²) in [6, 6.07) is 0.0517. The highest BCUT2D eigenvalue weighted by Gasteiger charge is 2.41. The molecule has 0 aromatic carbocycles. The molecule has 0 radical (unpaired) electrons. The topological polar surface area (TPSA) is 52.6 Å². The second-order valence-electron chi connectivity index (χ2n) is 7.30. The lowest BCUT2D eigenvalue weighted by atomic mass is 9.85. The van der Waals surface area contributed by atoms with Crippen molar-refractivity contribution in [3.63, 3.8) is 0 Å². The van der Waals surface area contributed by atoms with Gasteiger partial charge in [-0.25, -0.2) is 4.98 Å². The summed E-state index contributed by atoms with van der Waals surface area (Å²) in [7, 11) is 1.69. The van der Waals surface area contributed by atoms with E-state index in [2.05, 4.69) is 25.9 Å². The highest BCUT2D eigenvalue weighted by molar-refractivity contribution is 14.0. The van der Waals surface area contributed by atoms with Gasteiger partial charge >= 0.3 is 6.18 Å². The van der Waals surface area contributed by atoms with Crippen molar-refractivity contribution >= 4 is 46.4 Å². The van der Waals surface area contributed by atoms with Crippen molar-refractivity contribution < 1.29 is 13.2 Å². The average molecular weight is 531 g/mol. The quantitative estimate of drug-likeness (QED) is 0.340. The van der Waals surface area contributed by atoms with E-state index in [1.165, 1.54) is 12.8 Å². The van der Waals surface area contributed by atoms with E-state index in [9.17, 15) is 13.2 Å². The van der Waals surface area contributed by atoms with Crippen LogP contribution in [-0.4, -0.2) is 49.8 Å². The molecule has 1 aromatic heterocycles. The fraction of sp³-hybridized carbons (Fsp3) is 0.778. The Hall–Kier alpha value is -0.780. The predicted molar refractivity (Wildman–Crippen MR) is 119 cm³/mol. The summed E-state index contributed by atoms with van der Waals surface area (Å²) in [5.41, 5.74) is 1.07. The Morgan fingerprint density at radius 3 is 2.54 bits per heavy atom. The standard InChI is InChI=1S/C18H28F3N5S.HI/c1-22-16(24-14-6-4-13(5-7-14)18(19,20)21)23-9-8-15-12-27-17(25-15)26-10-2-3-11-26;/h12-14H,2-11H2,1H3,(H2,22,23,24);1H. The summed E-state index contributed by atoms with van der Waals surface area (Å²) in [4.78, 5) is 11.2. The lowest BCUT2D eigenvalue weighted by molar-refractivity contribution is -0.182. The molecule has 1 aromatic rings. The molecule has 2 aliphatic rings. The normalized spacial score (nSPS) is 23.4. The lowest BCUT2D eigenvalue weighted by Gasteiger charge is -2.31. The van der Waals surface area contributed by atoms with Crippen LogP contribution in [0.3, 0.4) is 0 Å². The fourth-order valence-electron chi connectivity index (χ4n) is 3.73. The largest absolute Gasteiger partial charge is 0.391 e. The first kappa shape index (κ1) is 23.5. The van der Waals surface area contributed by atoms with Gasteiger partial charge < -0.3 is 15.5 Å². The van der Waals surface area contributed by atoms with Gasteiger partial charge in [-0.15, -0.1) is 35.3 Å². The fourth-order valence-corrected chi connectivity index (χ4v) is 4.64. The first-order valence-electron chi connectivity index (χ1n) is 9.69. The van der Waals surface area contributed by atoms with Crippen LogP contribution in [0.25, 0.3) is 0 Å². The van der Waals surface area contributed by atoms with Crippen LogP contribution in [0, 0.1) is 5.92 Å². The summed E-state index contributed by atoms with van der Waals surface area (Å²) >= 11 is 1.69. The van der Waals surface area contributed by atoms with Gasteiger partial charge in [0.2, 0.25) is 0 Å². The molecule has 0 atom stereocenters. The molecule has 0 unspecified atom stereocenters. The van der Waals surface area contributed by atoms with Crippen molar-refractivity contribution in [3.05, 3.63) is 11.1 Å². The van der Waals surface area contributed by atoms with Gasteiger partial charge in [0, 0.05) is 44.5 Å². The van der Waals surface area contributed by atoms with Crippen LogP contribution in [-0.2, 0) is 6.42 Å². The van der Waals surface area contributed by atoms with E-state index in [1.807, 2.05) is 0 Å². The molecule has 0 bridgehead atoms. The number of rotatable bonds is 5. The van der Waals surface area contributed by atoms with E-state index in [-0.39, 0.29) is 42.9 Å². The summed E-state index contributed by atoms with van der Waals surface area (Å²) in [5, 5.41) is 9.72. The van der Waals surface area contributed by atoms with E-state index in [0.29, 0.717) is 25.3 Å². The second-order valence-corrected chi connectivity index (χ2v) is 8.14. The number of halogens is 4. The maximum Gasteiger partial charge on any atom is 0.391 e. The van der Waals surface area contributed by atoms with Gasteiger partial charge in [0.05, 0.1) is 11.6 Å². The molecule has 2 fully saturated rings. The van der Waals surface area contributed by atoms with Gasteiger partial charge in [-0.2, -0.15) is 13.2 Å². The molecular formula is C18H29F3IN5S. The third kappa shape index (κ3) is 6.64. The predicted octanol–water partition coefficient (Wildman–Crippen LogP) is 4.19. The van der Waals surface area contributed by atoms with Gasteiger partial charge in [0.25, 0.3) is 0 Å². The van der Waals surface area contributed by atoms with E-state index in [1.54, 1.807) is 18.4 Å². The highest BCUT2D eigenvalue weighted by atomic mass is 127. The number of nitrogens with one attached hydrogen (secondary N) is 2. The Kier molecular flexibility index (Phi) is 9.10. The Labute approximate surface area is 185 Å². The third-order valence-corrected chi connectivity index (χ3v) is 6.29. The van der Waals surface area contributed by atoms with Gasteiger partial charge in [-0.05, 0) is 38.5 Å². The minimum Gasteiger partial charge on any atom is -0.356 e. The van der Waals surface area contributed by atoms with Crippen LogP contribution in [0.2, 0.25) is 0 Å². The van der Waals surface area contributed by atoms with Crippen LogP contribution in [0.5, 0.6) is 0 Å². The number of alkyl halides is 3. The molecule has 160 valence electrons. The van der Waals surface area contributed by atoms with Crippen LogP contribution in [0.15, 0.2) is 10.4 Å². The number of guanidine groups is 1. The van der Waals surface area contributed by atoms with Crippen molar-refractivity contribution in [1.29, 1.82) is 0 Å². The van der Waals surface area contributed by atoms with Crippen LogP contribution >= 0.6 is 35.3 Å². The molecule has 3 rings (SSSR count). The SMILES string of the molecule is CN=C(NCCc1csc(N2CCCC2)n1)NC1CCC(C(F)(F)F)CC1.I. The summed E-state index contributed by atoms with van der Waals surface area (Å²) in [5.74, 6) is -0.500. The summed E-state index contributed by atoms with van der Waals surface area (Å²) in [6.45, 7) is 2.89. The zero-order valence-electron chi connectivity index (χ0n) is 16.1. The van der Waals surface area contributed by atoms with Gasteiger partial charge in [-0.1, -0.05) is 0 Å². The van der Waals surface area contributed by atoms with Crippen LogP contribution in [0.1, 0.15) is 44.2 Å². The molecule has 1 aliphatic carbocycles. The first-order valence-corrected chi connectivity index (χ1v) is 10.6. The molecule has 2 heterocycles. The van der Waals surface area contributed by atoms with Crippen LogP contribution in [0.4, 0.5) is 18.3 Å². The molecular weight excluding hydrogens is 502 g/mol. The van der Waals surface area contributed by atoms with Crippen molar-refractivity contribution in [3.8, 4) is 0 Å². The molecule has 1 saturated carbocycles. The van der Waals surface area contributed by atoms with Gasteiger partial charge in [0.15, 0.2) is 11.1 Å². The molecule has 0 amide bonds. The van der Waals surface area contributed by atoms with E-state index in [0.717, 1.165) is 30.3 Å². The minimum absolute atomic E-state index is 0. The zero-order valence-corrected chi connectivity index (χ0v) is 19.2. The highest BCUT2D eigenvalue weighted by Crippen LogP contribution is 2.37. The second kappa shape index (κ2) is 10.8. The first-order chi connectivity index (χ1) is 13.0. The van der Waals surface area contributed by atoms with Crippen molar-refractivity contribution in [1.82, 2.24) is 15.6 Å². The van der Waals surface area contributed by atoms with Crippen LogP contribution < -0.4 is 15.5 Å². The number of hydrogen-bond donors (Lipinski definition) is 2. The summed E-state index contributed by atoms with van der Waals surface area (Å²) < 4.78 is 38.3. The maximum atomic E-state index is 12.8. The number of hydrogen-bond acceptors (Lipinski definition) is 4. The molecule has 28 heavy (non-hydrogen) atoms. The van der Waals surface area contributed by atoms with Crippen molar-refractivity contribution in [2.45, 2.75) is 57.2 Å². The monoisotopic (exact) mass is 531 g/mol. The smallest absolute Gasteiger partial charge is 0.356 e. The Morgan fingerprint density at radius 1 is 1.25 bits per heavy atom. The van der Waals surface area contributed by atoms with Gasteiger partial charge in [-0.3, -0.25) is 4.99 Å². The maximum absolute atomic E-state index is 12.8. The number of nitrogens with zero attached hydrogens (tertiary/aromatic N) is 3. The lowest BCUT2D eigenvalue weighted by Crippen LogP contribution is -2.46. The van der Waals surface area contributed by atoms with Crippen molar-refractivity contribution in [2.24, 2.45) is 10.9 Å². The van der Waals surface area contributed by atoms with E-state index >= 15 is 0 Å². The third-order valence-electron chi connectivity index (χ3n) is 5.34. The Bertz CT molecular complexity index is 623. The molecule has 1 aliphatic heterocycles. The van der Waals surface area contributed by atoms with E-state index in [4.69, 9.17) is 4.98 Å². The summed E-state index contributed by atoms with van der Waals surface area (Å²) in [6.07, 6.45) is 0.643. The van der Waals surface area contributed by atoms with Crippen molar-refractivity contribution in [2.75, 3.05) is 31.6 Å². The molecule has 1 saturated heterocycles. The minimum atomic E-state index is -4.06. The molecule has 10 heteroatoms. The Morgan fingerprint density at radius 2 is 1.93 bits per heavy atom. The molecule has 0 spiro atoms. The van der Waals surface area contributed by atoms with E-state index < -0.39 is 12.1 Å².